The summed E-state index contributed by atoms with van der Waals surface area (Å²) in [5.41, 5.74) is 0.00919. The molecule has 2 aliphatic heterocycles. The molecule has 1 aromatic rings. The Hall–Kier alpha value is -1.35. The molecule has 0 saturated carbocycles. The summed E-state index contributed by atoms with van der Waals surface area (Å²) in [6.45, 7) is 13.5. The summed E-state index contributed by atoms with van der Waals surface area (Å²) in [5.74, 6) is 0.725. The maximum Gasteiger partial charge on any atom is 0.222 e. The molecule has 3 heteroatoms. The molecular weight excluding hydrogens is 262 g/mol. The Kier molecular flexibility index (Phi) is 2.85. The first-order valence-corrected chi connectivity index (χ1v) is 7.61. The van der Waals surface area contributed by atoms with E-state index in [2.05, 4.69) is 53.7 Å². The number of aliphatic imine (C=N–C) groups is 1. The van der Waals surface area contributed by atoms with Crippen LogP contribution in [0.1, 0.15) is 47.1 Å². The van der Waals surface area contributed by atoms with Gasteiger partial charge in [0, 0.05) is 5.41 Å². The van der Waals surface area contributed by atoms with E-state index >= 15 is 0 Å². The van der Waals surface area contributed by atoms with E-state index in [1.165, 1.54) is 0 Å². The Labute approximate surface area is 127 Å². The van der Waals surface area contributed by atoms with E-state index in [4.69, 9.17) is 14.5 Å². The van der Waals surface area contributed by atoms with Gasteiger partial charge in [0.25, 0.3) is 0 Å². The molecule has 1 atom stereocenters. The van der Waals surface area contributed by atoms with Gasteiger partial charge in [0.1, 0.15) is 6.61 Å². The summed E-state index contributed by atoms with van der Waals surface area (Å²) in [5, 5.41) is 0. The lowest BCUT2D eigenvalue weighted by atomic mass is 9.56. The van der Waals surface area contributed by atoms with Gasteiger partial charge in [-0.15, -0.1) is 0 Å². The van der Waals surface area contributed by atoms with Crippen molar-refractivity contribution in [2.75, 3.05) is 6.61 Å². The molecule has 21 heavy (non-hydrogen) atoms. The zero-order chi connectivity index (χ0) is 15.5. The number of nitrogens with zero attached hydrogens (tertiary/aromatic N) is 1. The molecule has 2 heterocycles. The smallest absolute Gasteiger partial charge is 0.222 e. The second kappa shape index (κ2) is 4.10. The predicted molar refractivity (Wildman–Crippen MR) is 84.5 cm³/mol. The topological polar surface area (TPSA) is 30.8 Å². The largest absolute Gasteiger partial charge is 0.476 e. The van der Waals surface area contributed by atoms with Crippen molar-refractivity contribution in [2.45, 2.75) is 58.3 Å². The van der Waals surface area contributed by atoms with Crippen molar-refractivity contribution in [3.05, 3.63) is 35.9 Å². The van der Waals surface area contributed by atoms with Gasteiger partial charge in [-0.3, -0.25) is 0 Å². The Bertz CT molecular complexity index is 586. The van der Waals surface area contributed by atoms with Crippen LogP contribution in [0.3, 0.4) is 0 Å². The molecule has 0 amide bonds. The van der Waals surface area contributed by atoms with Crippen LogP contribution < -0.4 is 0 Å². The molecule has 0 bridgehead atoms. The summed E-state index contributed by atoms with van der Waals surface area (Å²) in [6, 6.07) is 10.3. The number of ether oxygens (including phenoxy) is 2. The lowest BCUT2D eigenvalue weighted by Crippen LogP contribution is -2.72. The summed E-state index contributed by atoms with van der Waals surface area (Å²) in [4.78, 5) is 4.82. The van der Waals surface area contributed by atoms with Crippen LogP contribution in [0.2, 0.25) is 0 Å². The first-order chi connectivity index (χ1) is 9.62. The van der Waals surface area contributed by atoms with Crippen molar-refractivity contribution < 1.29 is 9.47 Å². The molecule has 3 nitrogen and oxygen atoms in total. The van der Waals surface area contributed by atoms with Gasteiger partial charge in [-0.2, -0.15) is 0 Å². The summed E-state index contributed by atoms with van der Waals surface area (Å²) in [6.07, 6.45) is 0. The van der Waals surface area contributed by atoms with Gasteiger partial charge in [0.2, 0.25) is 5.90 Å². The van der Waals surface area contributed by atoms with Gasteiger partial charge in [0.15, 0.2) is 5.60 Å². The van der Waals surface area contributed by atoms with Gasteiger partial charge in [-0.1, -0.05) is 44.2 Å². The molecule has 0 aromatic heterocycles. The molecule has 1 saturated heterocycles. The van der Waals surface area contributed by atoms with Gasteiger partial charge < -0.3 is 9.47 Å². The number of benzene rings is 1. The van der Waals surface area contributed by atoms with Crippen molar-refractivity contribution in [1.82, 2.24) is 0 Å². The fourth-order valence-corrected chi connectivity index (χ4v) is 3.31. The molecule has 0 aliphatic carbocycles. The van der Waals surface area contributed by atoms with Gasteiger partial charge in [-0.25, -0.2) is 4.99 Å². The molecule has 0 spiro atoms. The van der Waals surface area contributed by atoms with Crippen LogP contribution in [0.5, 0.6) is 0 Å². The normalized spacial score (nSPS) is 32.0. The Balaban J connectivity index is 2.16. The minimum absolute atomic E-state index is 0.111. The summed E-state index contributed by atoms with van der Waals surface area (Å²) >= 11 is 0. The van der Waals surface area contributed by atoms with E-state index in [1.54, 1.807) is 0 Å². The maximum atomic E-state index is 6.44. The molecule has 0 radical (unpaired) electrons. The molecule has 1 fully saturated rings. The van der Waals surface area contributed by atoms with E-state index in [9.17, 15) is 0 Å². The van der Waals surface area contributed by atoms with Crippen molar-refractivity contribution in [2.24, 2.45) is 10.4 Å². The molecular formula is C18H25NO2. The molecule has 1 unspecified atom stereocenters. The van der Waals surface area contributed by atoms with Crippen LogP contribution in [-0.2, 0) is 15.1 Å². The quantitative estimate of drug-likeness (QED) is 0.825. The highest BCUT2D eigenvalue weighted by molar-refractivity contribution is 5.90. The highest BCUT2D eigenvalue weighted by Gasteiger charge is 2.71. The maximum absolute atomic E-state index is 6.44. The van der Waals surface area contributed by atoms with E-state index < -0.39 is 5.60 Å². The second-order valence-electron chi connectivity index (χ2n) is 7.80. The van der Waals surface area contributed by atoms with E-state index in [0.717, 1.165) is 11.5 Å². The monoisotopic (exact) mass is 287 g/mol. The Morgan fingerprint density at radius 3 is 2.00 bits per heavy atom. The molecule has 0 N–H and O–H groups in total. The number of rotatable bonds is 2. The molecule has 3 rings (SSSR count). The van der Waals surface area contributed by atoms with Gasteiger partial charge in [0.05, 0.1) is 11.1 Å². The van der Waals surface area contributed by atoms with Crippen molar-refractivity contribution in [3.63, 3.8) is 0 Å². The van der Waals surface area contributed by atoms with Crippen LogP contribution in [0.15, 0.2) is 35.3 Å². The average Bonchev–Trinajstić information content (AvgIpc) is 2.77. The Morgan fingerprint density at radius 2 is 1.57 bits per heavy atom. The molecule has 1 aromatic carbocycles. The predicted octanol–water partition coefficient (Wildman–Crippen LogP) is 3.92. The van der Waals surface area contributed by atoms with E-state index in [-0.39, 0.29) is 16.6 Å². The van der Waals surface area contributed by atoms with Crippen molar-refractivity contribution >= 4 is 5.90 Å². The summed E-state index contributed by atoms with van der Waals surface area (Å²) < 4.78 is 12.4. The zero-order valence-corrected chi connectivity index (χ0v) is 13.9. The number of hydrogen-bond acceptors (Lipinski definition) is 3. The third-order valence-corrected chi connectivity index (χ3v) is 5.24. The number of hydrogen-bond donors (Lipinski definition) is 0. The lowest BCUT2D eigenvalue weighted by molar-refractivity contribution is -0.335. The third-order valence-electron chi connectivity index (χ3n) is 5.24. The SMILES string of the molecule is CC1(C)COC(C2(c3ccccc3)OC(C)(C)C2(C)C)=N1. The summed E-state index contributed by atoms with van der Waals surface area (Å²) in [7, 11) is 0. The fraction of sp³-hybridized carbons (Fsp3) is 0.611. The standard InChI is InChI=1S/C18H25NO2/c1-15(2)12-20-14(19-15)18(13-10-8-7-9-11-13)16(3,4)17(5,6)21-18/h7-11H,12H2,1-6H3. The fourth-order valence-electron chi connectivity index (χ4n) is 3.31. The average molecular weight is 287 g/mol. The van der Waals surface area contributed by atoms with Crippen LogP contribution in [-0.4, -0.2) is 23.6 Å². The lowest BCUT2D eigenvalue weighted by Gasteiger charge is -2.65. The first kappa shape index (κ1) is 14.6. The minimum Gasteiger partial charge on any atom is -0.476 e. The van der Waals surface area contributed by atoms with Gasteiger partial charge in [-0.05, 0) is 33.3 Å². The molecule has 2 aliphatic rings. The van der Waals surface area contributed by atoms with E-state index in [0.29, 0.717) is 6.61 Å². The minimum atomic E-state index is -0.592. The van der Waals surface area contributed by atoms with Gasteiger partial charge >= 0.3 is 0 Å². The zero-order valence-electron chi connectivity index (χ0n) is 13.9. The first-order valence-electron chi connectivity index (χ1n) is 7.61. The van der Waals surface area contributed by atoms with E-state index in [1.807, 2.05) is 18.2 Å². The van der Waals surface area contributed by atoms with Crippen molar-refractivity contribution in [1.29, 1.82) is 0 Å². The molecule has 114 valence electrons. The highest BCUT2D eigenvalue weighted by Crippen LogP contribution is 2.63. The Morgan fingerprint density at radius 1 is 0.952 bits per heavy atom. The van der Waals surface area contributed by atoms with Crippen LogP contribution in [0.4, 0.5) is 0 Å². The van der Waals surface area contributed by atoms with Crippen LogP contribution >= 0.6 is 0 Å². The van der Waals surface area contributed by atoms with Crippen LogP contribution in [0, 0.1) is 5.41 Å². The highest BCUT2D eigenvalue weighted by atomic mass is 16.6. The second-order valence-corrected chi connectivity index (χ2v) is 7.80. The van der Waals surface area contributed by atoms with Crippen LogP contribution in [0.25, 0.3) is 0 Å². The van der Waals surface area contributed by atoms with Crippen molar-refractivity contribution in [3.8, 4) is 0 Å². The third kappa shape index (κ3) is 1.80.